The molecule has 2 aliphatic rings. The van der Waals surface area contributed by atoms with Crippen molar-refractivity contribution < 1.29 is 9.53 Å². The van der Waals surface area contributed by atoms with E-state index in [0.29, 0.717) is 0 Å². The Labute approximate surface area is 180 Å². The highest BCUT2D eigenvalue weighted by atomic mass is 32.2. The minimum Gasteiger partial charge on any atom is -0.376 e. The lowest BCUT2D eigenvalue weighted by molar-refractivity contribution is 0.0952. The molecule has 3 aromatic rings. The molecular formula is C22H27N5O2S. The lowest BCUT2D eigenvalue weighted by Crippen LogP contribution is -2.25. The summed E-state index contributed by atoms with van der Waals surface area (Å²) in [6.45, 7) is 5.55. The molecule has 2 saturated heterocycles. The number of ether oxygens (including phenoxy) is 1. The second-order valence-electron chi connectivity index (χ2n) is 8.09. The first kappa shape index (κ1) is 19.6. The Bertz CT molecular complexity index is 1030. The smallest absolute Gasteiger partial charge is 0.228 e. The lowest BCUT2D eigenvalue weighted by atomic mass is 10.1. The summed E-state index contributed by atoms with van der Waals surface area (Å²) in [5.74, 6) is 1.02. The van der Waals surface area contributed by atoms with E-state index in [2.05, 4.69) is 24.6 Å². The number of ketones is 1. The van der Waals surface area contributed by atoms with Crippen molar-refractivity contribution in [3.05, 3.63) is 36.0 Å². The molecule has 2 fully saturated rings. The van der Waals surface area contributed by atoms with E-state index >= 15 is 0 Å². The molecule has 158 valence electrons. The van der Waals surface area contributed by atoms with E-state index in [9.17, 15) is 4.79 Å². The summed E-state index contributed by atoms with van der Waals surface area (Å²) in [6, 6.07) is 7.91. The number of benzene rings is 1. The topological polar surface area (TPSA) is 76.0 Å². The number of hydrogen-bond donors (Lipinski definition) is 1. The van der Waals surface area contributed by atoms with E-state index in [4.69, 9.17) is 4.74 Å². The average Bonchev–Trinajstić information content (AvgIpc) is 3.55. The lowest BCUT2D eigenvalue weighted by Gasteiger charge is -2.21. The Morgan fingerprint density at radius 2 is 2.10 bits per heavy atom. The maximum Gasteiger partial charge on any atom is 0.228 e. The van der Waals surface area contributed by atoms with Gasteiger partial charge in [-0.1, -0.05) is 30.0 Å². The maximum absolute atomic E-state index is 13.2. The van der Waals surface area contributed by atoms with E-state index in [-0.39, 0.29) is 17.1 Å². The van der Waals surface area contributed by atoms with Crippen LogP contribution in [0.15, 0.2) is 35.6 Å². The predicted molar refractivity (Wildman–Crippen MR) is 118 cm³/mol. The van der Waals surface area contributed by atoms with Gasteiger partial charge in [0, 0.05) is 42.4 Å². The fourth-order valence-electron chi connectivity index (χ4n) is 4.38. The molecule has 2 aliphatic heterocycles. The van der Waals surface area contributed by atoms with Crippen LogP contribution in [0.5, 0.6) is 0 Å². The van der Waals surface area contributed by atoms with Crippen molar-refractivity contribution in [2.75, 3.05) is 24.6 Å². The first-order valence-electron chi connectivity index (χ1n) is 10.8. The number of fused-ring (bicyclic) bond motifs is 1. The van der Waals surface area contributed by atoms with Crippen LogP contribution in [0.25, 0.3) is 10.9 Å². The molecule has 0 saturated carbocycles. The van der Waals surface area contributed by atoms with Gasteiger partial charge in [-0.2, -0.15) is 0 Å². The molecule has 0 aliphatic carbocycles. The molecule has 2 aromatic heterocycles. The number of para-hydroxylation sites is 1. The third-order valence-corrected chi connectivity index (χ3v) is 7.08. The van der Waals surface area contributed by atoms with Crippen LogP contribution in [0.2, 0.25) is 0 Å². The second-order valence-corrected chi connectivity index (χ2v) is 9.40. The van der Waals surface area contributed by atoms with Crippen molar-refractivity contribution in [1.82, 2.24) is 19.7 Å². The van der Waals surface area contributed by atoms with E-state index in [1.807, 2.05) is 37.4 Å². The SMILES string of the molecule is C[C@@H](Sc1nnc(N2CCCC2)n1C[C@H]1CCCO1)C(=O)c1c[nH]c2ccccc12. The minimum atomic E-state index is -0.261. The highest BCUT2D eigenvalue weighted by molar-refractivity contribution is 8.00. The summed E-state index contributed by atoms with van der Waals surface area (Å²) in [7, 11) is 0. The summed E-state index contributed by atoms with van der Waals surface area (Å²) < 4.78 is 8.05. The van der Waals surface area contributed by atoms with E-state index in [0.717, 1.165) is 66.7 Å². The number of hydrogen-bond acceptors (Lipinski definition) is 6. The van der Waals surface area contributed by atoms with Gasteiger partial charge in [-0.3, -0.25) is 9.36 Å². The van der Waals surface area contributed by atoms with E-state index in [1.165, 1.54) is 24.6 Å². The number of nitrogens with one attached hydrogen (secondary N) is 1. The van der Waals surface area contributed by atoms with E-state index < -0.39 is 0 Å². The molecule has 1 N–H and O–H groups in total. The first-order chi connectivity index (χ1) is 14.7. The van der Waals surface area contributed by atoms with Crippen molar-refractivity contribution >= 4 is 34.4 Å². The fraction of sp³-hybridized carbons (Fsp3) is 0.500. The average molecular weight is 426 g/mol. The van der Waals surface area contributed by atoms with Crippen LogP contribution in [0.3, 0.4) is 0 Å². The highest BCUT2D eigenvalue weighted by Gasteiger charge is 2.28. The molecule has 0 spiro atoms. The minimum absolute atomic E-state index is 0.104. The monoisotopic (exact) mass is 425 g/mol. The van der Waals surface area contributed by atoms with Crippen LogP contribution in [-0.2, 0) is 11.3 Å². The second kappa shape index (κ2) is 8.43. The van der Waals surface area contributed by atoms with Crippen LogP contribution < -0.4 is 4.90 Å². The Morgan fingerprint density at radius 3 is 2.90 bits per heavy atom. The number of aromatic amines is 1. The van der Waals surface area contributed by atoms with Crippen LogP contribution >= 0.6 is 11.8 Å². The summed E-state index contributed by atoms with van der Waals surface area (Å²) in [4.78, 5) is 18.7. The molecule has 5 rings (SSSR count). The summed E-state index contributed by atoms with van der Waals surface area (Å²) in [5, 5.41) is 10.5. The molecule has 1 aromatic carbocycles. The number of H-pyrrole nitrogens is 1. The van der Waals surface area contributed by atoms with Gasteiger partial charge in [-0.05, 0) is 38.7 Å². The van der Waals surface area contributed by atoms with Gasteiger partial charge in [0.05, 0.1) is 17.9 Å². The van der Waals surface area contributed by atoms with Crippen LogP contribution in [-0.4, -0.2) is 56.6 Å². The first-order valence-corrected chi connectivity index (χ1v) is 11.7. The third-order valence-electron chi connectivity index (χ3n) is 6.00. The van der Waals surface area contributed by atoms with Crippen molar-refractivity contribution in [1.29, 1.82) is 0 Å². The molecule has 2 atom stereocenters. The fourth-order valence-corrected chi connectivity index (χ4v) is 5.30. The summed E-state index contributed by atoms with van der Waals surface area (Å²) >= 11 is 1.49. The van der Waals surface area contributed by atoms with Crippen molar-refractivity contribution in [3.63, 3.8) is 0 Å². The van der Waals surface area contributed by atoms with Gasteiger partial charge in [0.25, 0.3) is 0 Å². The number of Topliss-reactive ketones (excluding diaryl/α,β-unsaturated/α-hetero) is 1. The molecule has 4 heterocycles. The number of aromatic nitrogens is 4. The molecule has 30 heavy (non-hydrogen) atoms. The van der Waals surface area contributed by atoms with Crippen molar-refractivity contribution in [2.24, 2.45) is 0 Å². The molecule has 0 unspecified atom stereocenters. The Hall–Kier alpha value is -2.32. The molecule has 8 heteroatoms. The van der Waals surface area contributed by atoms with Gasteiger partial charge >= 0.3 is 0 Å². The zero-order chi connectivity index (χ0) is 20.5. The molecule has 0 amide bonds. The third kappa shape index (κ3) is 3.74. The number of thioether (sulfide) groups is 1. The molecule has 7 nitrogen and oxygen atoms in total. The quantitative estimate of drug-likeness (QED) is 0.457. The summed E-state index contributed by atoms with van der Waals surface area (Å²) in [5.41, 5.74) is 1.71. The van der Waals surface area contributed by atoms with Gasteiger partial charge in [0.15, 0.2) is 10.9 Å². The summed E-state index contributed by atoms with van der Waals surface area (Å²) in [6.07, 6.45) is 6.54. The van der Waals surface area contributed by atoms with Crippen molar-refractivity contribution in [3.8, 4) is 0 Å². The van der Waals surface area contributed by atoms with Gasteiger partial charge in [-0.25, -0.2) is 0 Å². The zero-order valence-corrected chi connectivity index (χ0v) is 18.0. The standard InChI is InChI=1S/C22H27N5O2S/c1-15(20(28)18-13-23-19-9-3-2-8-17(18)19)30-22-25-24-21(26-10-4-5-11-26)27(22)14-16-7-6-12-29-16/h2-3,8-9,13,15-16,23H,4-7,10-12,14H2,1H3/t15-,16-/m1/s1. The van der Waals surface area contributed by atoms with Crippen LogP contribution in [0.4, 0.5) is 5.95 Å². The molecule has 0 bridgehead atoms. The van der Waals surface area contributed by atoms with Crippen LogP contribution in [0.1, 0.15) is 43.0 Å². The van der Waals surface area contributed by atoms with Gasteiger partial charge < -0.3 is 14.6 Å². The highest BCUT2D eigenvalue weighted by Crippen LogP contribution is 2.31. The number of carbonyl (C=O) groups excluding carboxylic acids is 1. The normalized spacial score (nSPS) is 20.3. The van der Waals surface area contributed by atoms with Crippen LogP contribution in [0, 0.1) is 0 Å². The van der Waals surface area contributed by atoms with Gasteiger partial charge in [0.1, 0.15) is 0 Å². The van der Waals surface area contributed by atoms with Gasteiger partial charge in [-0.15, -0.1) is 10.2 Å². The molecular weight excluding hydrogens is 398 g/mol. The predicted octanol–water partition coefficient (Wildman–Crippen LogP) is 3.90. The maximum atomic E-state index is 13.2. The number of nitrogens with zero attached hydrogens (tertiary/aromatic N) is 4. The molecule has 0 radical (unpaired) electrons. The largest absolute Gasteiger partial charge is 0.376 e. The van der Waals surface area contributed by atoms with Gasteiger partial charge in [0.2, 0.25) is 5.95 Å². The zero-order valence-electron chi connectivity index (χ0n) is 17.2. The van der Waals surface area contributed by atoms with E-state index in [1.54, 1.807) is 0 Å². The van der Waals surface area contributed by atoms with Crippen molar-refractivity contribution in [2.45, 2.75) is 55.7 Å². The number of rotatable bonds is 7. The Morgan fingerprint density at radius 1 is 1.27 bits per heavy atom. The Balaban J connectivity index is 1.39. The number of carbonyl (C=O) groups is 1. The Kier molecular flexibility index (Phi) is 5.52. The number of anilines is 1.